The molecule has 0 N–H and O–H groups in total. The molecule has 0 amide bonds. The molecule has 3 nitrogen and oxygen atoms in total. The third kappa shape index (κ3) is 3.38. The zero-order chi connectivity index (χ0) is 13.4. The molecule has 1 saturated heterocycles. The zero-order valence-electron chi connectivity index (χ0n) is 11.5. The molecule has 0 bridgehead atoms. The van der Waals surface area contributed by atoms with E-state index in [1.165, 1.54) is 12.8 Å². The molecule has 2 fully saturated rings. The third-order valence-electron chi connectivity index (χ3n) is 3.72. The number of rotatable bonds is 2. The Morgan fingerprint density at radius 3 is 2.67 bits per heavy atom. The van der Waals surface area contributed by atoms with Crippen LogP contribution in [0, 0.1) is 5.92 Å². The van der Waals surface area contributed by atoms with Gasteiger partial charge in [0.05, 0.1) is 17.6 Å². The van der Waals surface area contributed by atoms with Crippen LogP contribution in [0.25, 0.3) is 0 Å². The number of alkyl halides is 1. The van der Waals surface area contributed by atoms with Crippen LogP contribution < -0.4 is 0 Å². The van der Waals surface area contributed by atoms with E-state index in [2.05, 4.69) is 22.6 Å². The predicted octanol–water partition coefficient (Wildman–Crippen LogP) is 3.48. The maximum absolute atomic E-state index is 11.9. The first-order valence-corrected chi connectivity index (χ1v) is 8.33. The summed E-state index contributed by atoms with van der Waals surface area (Å²) in [7, 11) is 0. The van der Waals surface area contributed by atoms with Crippen LogP contribution in [0.4, 0.5) is 0 Å². The molecule has 1 unspecified atom stereocenters. The van der Waals surface area contributed by atoms with Crippen molar-refractivity contribution in [3.63, 3.8) is 0 Å². The van der Waals surface area contributed by atoms with Gasteiger partial charge in [0, 0.05) is 4.43 Å². The summed E-state index contributed by atoms with van der Waals surface area (Å²) in [5, 5.41) is 0. The smallest absolute Gasteiger partial charge is 0.309 e. The quantitative estimate of drug-likeness (QED) is 0.427. The molecule has 1 aliphatic heterocycles. The van der Waals surface area contributed by atoms with Gasteiger partial charge < -0.3 is 9.47 Å². The first-order chi connectivity index (χ1) is 8.34. The maximum atomic E-state index is 11.9. The Balaban J connectivity index is 1.84. The van der Waals surface area contributed by atoms with E-state index in [1.807, 2.05) is 20.8 Å². The van der Waals surface area contributed by atoms with Crippen molar-refractivity contribution in [2.75, 3.05) is 4.43 Å². The van der Waals surface area contributed by atoms with Crippen molar-refractivity contribution < 1.29 is 14.3 Å². The number of hydrogen-bond donors (Lipinski definition) is 0. The first kappa shape index (κ1) is 14.6. The number of esters is 1. The molecule has 0 aromatic heterocycles. The van der Waals surface area contributed by atoms with Crippen molar-refractivity contribution >= 4 is 28.6 Å². The summed E-state index contributed by atoms with van der Waals surface area (Å²) in [6, 6.07) is 0. The van der Waals surface area contributed by atoms with Gasteiger partial charge in [-0.15, -0.1) is 0 Å². The fourth-order valence-corrected chi connectivity index (χ4v) is 3.54. The molecular weight excluding hydrogens is 343 g/mol. The fraction of sp³-hybridized carbons (Fsp3) is 0.929. The highest BCUT2D eigenvalue weighted by atomic mass is 127. The van der Waals surface area contributed by atoms with Gasteiger partial charge in [0.1, 0.15) is 5.60 Å². The minimum atomic E-state index is -0.377. The lowest BCUT2D eigenvalue weighted by Crippen LogP contribution is -2.54. The van der Waals surface area contributed by atoms with Gasteiger partial charge >= 0.3 is 5.97 Å². The van der Waals surface area contributed by atoms with Crippen LogP contribution >= 0.6 is 22.6 Å². The Bertz CT molecular complexity index is 315. The fourth-order valence-electron chi connectivity index (χ4n) is 2.92. The molecule has 104 valence electrons. The lowest BCUT2D eigenvalue weighted by Gasteiger charge is -2.51. The largest absolute Gasteiger partial charge is 0.460 e. The molecule has 1 spiro atoms. The summed E-state index contributed by atoms with van der Waals surface area (Å²) >= 11 is 2.38. The Morgan fingerprint density at radius 1 is 1.44 bits per heavy atom. The third-order valence-corrected chi connectivity index (χ3v) is 4.71. The summed E-state index contributed by atoms with van der Waals surface area (Å²) in [6.45, 7) is 5.76. The Labute approximate surface area is 123 Å². The minimum Gasteiger partial charge on any atom is -0.460 e. The highest BCUT2D eigenvalue weighted by molar-refractivity contribution is 14.1. The Kier molecular flexibility index (Phi) is 4.26. The van der Waals surface area contributed by atoms with Gasteiger partial charge in [0.2, 0.25) is 0 Å². The molecule has 2 rings (SSSR count). The molecule has 1 aliphatic carbocycles. The van der Waals surface area contributed by atoms with Gasteiger partial charge in [-0.3, -0.25) is 4.79 Å². The number of carbonyl (C=O) groups excluding carboxylic acids is 1. The average molecular weight is 366 g/mol. The number of ether oxygens (including phenoxy) is 2. The van der Waals surface area contributed by atoms with Crippen LogP contribution in [0.2, 0.25) is 0 Å². The second kappa shape index (κ2) is 5.27. The monoisotopic (exact) mass is 366 g/mol. The van der Waals surface area contributed by atoms with Gasteiger partial charge in [0.15, 0.2) is 0 Å². The van der Waals surface area contributed by atoms with Gasteiger partial charge in [-0.05, 0) is 52.9 Å². The normalized spacial score (nSPS) is 36.2. The van der Waals surface area contributed by atoms with Crippen molar-refractivity contribution in [2.45, 2.75) is 70.2 Å². The predicted molar refractivity (Wildman–Crippen MR) is 78.9 cm³/mol. The summed E-state index contributed by atoms with van der Waals surface area (Å²) in [5.41, 5.74) is -0.381. The SMILES string of the molecule is CC(C)(C)OC(=O)C1CC2(CCCC(CI)O2)C1. The van der Waals surface area contributed by atoms with Gasteiger partial charge in [-0.1, -0.05) is 22.6 Å². The highest BCUT2D eigenvalue weighted by Crippen LogP contribution is 2.48. The van der Waals surface area contributed by atoms with Crippen LogP contribution in [0.3, 0.4) is 0 Å². The maximum Gasteiger partial charge on any atom is 0.309 e. The number of carbonyl (C=O) groups is 1. The van der Waals surface area contributed by atoms with Gasteiger partial charge in [-0.2, -0.15) is 0 Å². The van der Waals surface area contributed by atoms with E-state index >= 15 is 0 Å². The van der Waals surface area contributed by atoms with Gasteiger partial charge in [0.25, 0.3) is 0 Å². The van der Waals surface area contributed by atoms with Crippen LogP contribution in [-0.2, 0) is 14.3 Å². The zero-order valence-corrected chi connectivity index (χ0v) is 13.7. The molecule has 0 aromatic carbocycles. The summed E-state index contributed by atoms with van der Waals surface area (Å²) in [4.78, 5) is 11.9. The van der Waals surface area contributed by atoms with Crippen LogP contribution in [0.5, 0.6) is 0 Å². The van der Waals surface area contributed by atoms with E-state index in [4.69, 9.17) is 9.47 Å². The minimum absolute atomic E-state index is 0.00431. The Hall–Kier alpha value is 0.160. The van der Waals surface area contributed by atoms with E-state index in [0.717, 1.165) is 23.7 Å². The topological polar surface area (TPSA) is 35.5 Å². The molecular formula is C14H23IO3. The van der Waals surface area contributed by atoms with E-state index in [0.29, 0.717) is 6.10 Å². The van der Waals surface area contributed by atoms with Crippen molar-refractivity contribution in [1.82, 2.24) is 0 Å². The van der Waals surface area contributed by atoms with E-state index in [1.54, 1.807) is 0 Å². The molecule has 1 atom stereocenters. The summed E-state index contributed by atoms with van der Waals surface area (Å²) in [5.74, 6) is 0.00510. The molecule has 1 heterocycles. The first-order valence-electron chi connectivity index (χ1n) is 6.80. The molecule has 0 aromatic rings. The molecule has 1 saturated carbocycles. The number of hydrogen-bond acceptors (Lipinski definition) is 3. The second-order valence-electron chi connectivity index (χ2n) is 6.61. The van der Waals surface area contributed by atoms with Crippen LogP contribution in [0.15, 0.2) is 0 Å². The molecule has 2 aliphatic rings. The lowest BCUT2D eigenvalue weighted by atomic mass is 9.67. The van der Waals surface area contributed by atoms with Crippen LogP contribution in [-0.4, -0.2) is 27.7 Å². The van der Waals surface area contributed by atoms with E-state index < -0.39 is 0 Å². The van der Waals surface area contributed by atoms with Crippen LogP contribution in [0.1, 0.15) is 52.9 Å². The molecule has 4 heteroatoms. The lowest BCUT2D eigenvalue weighted by molar-refractivity contribution is -0.203. The van der Waals surface area contributed by atoms with Gasteiger partial charge in [-0.25, -0.2) is 0 Å². The van der Waals surface area contributed by atoms with Crippen molar-refractivity contribution in [3.05, 3.63) is 0 Å². The average Bonchev–Trinajstić information content (AvgIpc) is 2.23. The summed E-state index contributed by atoms with van der Waals surface area (Å²) in [6.07, 6.45) is 5.61. The standard InChI is InChI=1S/C14H23IO3/c1-13(2,3)18-12(16)10-7-14(8-10)6-4-5-11(9-15)17-14/h10-11H,4-9H2,1-3H3. The van der Waals surface area contributed by atoms with Crippen molar-refractivity contribution in [1.29, 1.82) is 0 Å². The second-order valence-corrected chi connectivity index (χ2v) is 7.49. The molecule has 18 heavy (non-hydrogen) atoms. The van der Waals surface area contributed by atoms with Crippen molar-refractivity contribution in [2.24, 2.45) is 5.92 Å². The number of halogens is 1. The van der Waals surface area contributed by atoms with Crippen molar-refractivity contribution in [3.8, 4) is 0 Å². The molecule has 0 radical (unpaired) electrons. The highest BCUT2D eigenvalue weighted by Gasteiger charge is 2.51. The van der Waals surface area contributed by atoms with E-state index in [-0.39, 0.29) is 23.1 Å². The Morgan fingerprint density at radius 2 is 2.11 bits per heavy atom. The van der Waals surface area contributed by atoms with E-state index in [9.17, 15) is 4.79 Å². The summed E-state index contributed by atoms with van der Waals surface area (Å²) < 4.78 is 12.6.